The van der Waals surface area contributed by atoms with Crippen LogP contribution in [0.15, 0.2) is 42.0 Å². The lowest BCUT2D eigenvalue weighted by atomic mass is 10.1. The Balaban J connectivity index is 1.43. The average Bonchev–Trinajstić information content (AvgIpc) is 3.38. The van der Waals surface area contributed by atoms with E-state index in [1.54, 1.807) is 0 Å². The number of nitrogens with zero attached hydrogens (tertiary/aromatic N) is 3. The van der Waals surface area contributed by atoms with E-state index in [4.69, 9.17) is 0 Å². The third kappa shape index (κ3) is 4.22. The fraction of sp³-hybridized carbons (Fsp3) is 0.429. The molecule has 1 aromatic carbocycles. The van der Waals surface area contributed by atoms with Gasteiger partial charge in [-0.05, 0) is 37.8 Å². The predicted molar refractivity (Wildman–Crippen MR) is 103 cm³/mol. The smallest absolute Gasteiger partial charge is 0.272 e. The van der Waals surface area contributed by atoms with Gasteiger partial charge in [0.1, 0.15) is 5.69 Å². The van der Waals surface area contributed by atoms with Crippen molar-refractivity contribution in [3.63, 3.8) is 0 Å². The summed E-state index contributed by atoms with van der Waals surface area (Å²) in [6, 6.07) is 12.8. The maximum Gasteiger partial charge on any atom is 0.272 e. The van der Waals surface area contributed by atoms with Gasteiger partial charge < -0.3 is 5.32 Å². The highest BCUT2D eigenvalue weighted by Gasteiger charge is 2.26. The first-order valence-electron chi connectivity index (χ1n) is 9.49. The summed E-state index contributed by atoms with van der Waals surface area (Å²) in [7, 11) is 0. The maximum atomic E-state index is 12.3. The Kier molecular flexibility index (Phi) is 4.89. The Bertz CT molecular complexity index is 805. The molecular formula is C21H26N4O. The second-order valence-corrected chi connectivity index (χ2v) is 7.46. The van der Waals surface area contributed by atoms with Crippen molar-refractivity contribution in [1.82, 2.24) is 20.0 Å². The first-order chi connectivity index (χ1) is 12.7. The normalized spacial score (nSPS) is 18.3. The number of carbonyl (C=O) groups excluding carboxylic acids is 1. The van der Waals surface area contributed by atoms with Crippen molar-refractivity contribution in [2.24, 2.45) is 0 Å². The molecule has 2 heterocycles. The first kappa shape index (κ1) is 17.0. The van der Waals surface area contributed by atoms with Gasteiger partial charge in [-0.2, -0.15) is 5.10 Å². The van der Waals surface area contributed by atoms with E-state index in [0.717, 1.165) is 51.1 Å². The summed E-state index contributed by atoms with van der Waals surface area (Å²) < 4.78 is 2.01. The number of amides is 1. The van der Waals surface area contributed by atoms with Crippen LogP contribution in [0.3, 0.4) is 0 Å². The van der Waals surface area contributed by atoms with Crippen molar-refractivity contribution >= 4 is 12.0 Å². The zero-order valence-electron chi connectivity index (χ0n) is 15.3. The van der Waals surface area contributed by atoms with Crippen LogP contribution < -0.4 is 5.32 Å². The highest BCUT2D eigenvalue weighted by molar-refractivity contribution is 5.92. The van der Waals surface area contributed by atoms with Crippen LogP contribution in [0.2, 0.25) is 0 Å². The predicted octanol–water partition coefficient (Wildman–Crippen LogP) is 3.08. The van der Waals surface area contributed by atoms with E-state index in [1.165, 1.54) is 11.1 Å². The minimum absolute atomic E-state index is 0.0280. The van der Waals surface area contributed by atoms with Crippen LogP contribution in [-0.2, 0) is 13.1 Å². The molecule has 2 aromatic rings. The largest absolute Gasteiger partial charge is 0.348 e. The molecule has 0 radical (unpaired) electrons. The molecular weight excluding hydrogens is 324 g/mol. The Labute approximate surface area is 154 Å². The number of aromatic nitrogens is 2. The monoisotopic (exact) mass is 350 g/mol. The van der Waals surface area contributed by atoms with Crippen molar-refractivity contribution in [3.8, 4) is 0 Å². The molecule has 1 N–H and O–H groups in total. The summed E-state index contributed by atoms with van der Waals surface area (Å²) >= 11 is 0. The SMILES string of the molecule is CC(=Cc1ccccc1)CN1CCCn2nc(C(=O)NC3CC3)cc2C1. The molecule has 0 unspecified atom stereocenters. The van der Waals surface area contributed by atoms with Gasteiger partial charge in [-0.25, -0.2) is 0 Å². The molecule has 1 amide bonds. The standard InChI is InChI=1S/C21H26N4O/c1-16(12-17-6-3-2-4-7-17)14-24-10-5-11-25-19(15-24)13-20(23-25)21(26)22-18-8-9-18/h2-4,6-7,12-13,18H,5,8-11,14-15H2,1H3,(H,22,26). The number of hydrogen-bond acceptors (Lipinski definition) is 3. The molecule has 1 aliphatic heterocycles. The van der Waals surface area contributed by atoms with Crippen LogP contribution in [0.5, 0.6) is 0 Å². The fourth-order valence-electron chi connectivity index (χ4n) is 3.49. The Hall–Kier alpha value is -2.40. The van der Waals surface area contributed by atoms with E-state index in [0.29, 0.717) is 11.7 Å². The molecule has 0 atom stereocenters. The minimum Gasteiger partial charge on any atom is -0.348 e. The summed E-state index contributed by atoms with van der Waals surface area (Å²) in [5, 5.41) is 7.56. The van der Waals surface area contributed by atoms with Crippen molar-refractivity contribution in [1.29, 1.82) is 0 Å². The summed E-state index contributed by atoms with van der Waals surface area (Å²) in [6.45, 7) is 5.88. The molecule has 0 spiro atoms. The zero-order chi connectivity index (χ0) is 17.9. The van der Waals surface area contributed by atoms with Crippen molar-refractivity contribution in [2.45, 2.75) is 45.3 Å². The molecule has 1 fully saturated rings. The van der Waals surface area contributed by atoms with Gasteiger partial charge in [0.05, 0.1) is 5.69 Å². The quantitative estimate of drug-likeness (QED) is 0.901. The van der Waals surface area contributed by atoms with Gasteiger partial charge in [0.25, 0.3) is 5.91 Å². The Morgan fingerprint density at radius 2 is 2.08 bits per heavy atom. The second kappa shape index (κ2) is 7.46. The zero-order valence-corrected chi connectivity index (χ0v) is 15.3. The summed E-state index contributed by atoms with van der Waals surface area (Å²) in [5.41, 5.74) is 4.28. The number of carbonyl (C=O) groups is 1. The van der Waals surface area contributed by atoms with E-state index in [-0.39, 0.29) is 5.91 Å². The van der Waals surface area contributed by atoms with Crippen molar-refractivity contribution in [2.75, 3.05) is 13.1 Å². The van der Waals surface area contributed by atoms with Gasteiger partial charge in [-0.3, -0.25) is 14.4 Å². The summed E-state index contributed by atoms with van der Waals surface area (Å²) in [5.74, 6) is -0.0280. The lowest BCUT2D eigenvalue weighted by Crippen LogP contribution is -2.26. The van der Waals surface area contributed by atoms with Crippen LogP contribution >= 0.6 is 0 Å². The van der Waals surface area contributed by atoms with E-state index >= 15 is 0 Å². The van der Waals surface area contributed by atoms with Crippen LogP contribution in [0, 0.1) is 0 Å². The highest BCUT2D eigenvalue weighted by Crippen LogP contribution is 2.20. The lowest BCUT2D eigenvalue weighted by molar-refractivity contribution is 0.0945. The number of hydrogen-bond donors (Lipinski definition) is 1. The maximum absolute atomic E-state index is 12.3. The number of aryl methyl sites for hydroxylation is 1. The average molecular weight is 350 g/mol. The molecule has 5 heteroatoms. The molecule has 4 rings (SSSR count). The molecule has 0 bridgehead atoms. The van der Waals surface area contributed by atoms with Gasteiger partial charge in [-0.15, -0.1) is 0 Å². The van der Waals surface area contributed by atoms with E-state index < -0.39 is 0 Å². The van der Waals surface area contributed by atoms with Crippen molar-refractivity contribution in [3.05, 3.63) is 58.9 Å². The van der Waals surface area contributed by atoms with Crippen LogP contribution in [-0.4, -0.2) is 39.7 Å². The number of nitrogens with one attached hydrogen (secondary N) is 1. The number of rotatable bonds is 5. The van der Waals surface area contributed by atoms with E-state index in [1.807, 2.05) is 16.8 Å². The molecule has 1 saturated carbocycles. The third-order valence-corrected chi connectivity index (χ3v) is 4.92. The number of fused-ring (bicyclic) bond motifs is 1. The van der Waals surface area contributed by atoms with Gasteiger partial charge in [0, 0.05) is 32.2 Å². The summed E-state index contributed by atoms with van der Waals surface area (Å²) in [4.78, 5) is 14.7. The third-order valence-electron chi connectivity index (χ3n) is 4.92. The van der Waals surface area contributed by atoms with Gasteiger partial charge in [-0.1, -0.05) is 42.0 Å². The van der Waals surface area contributed by atoms with Crippen molar-refractivity contribution < 1.29 is 4.79 Å². The molecule has 136 valence electrons. The Morgan fingerprint density at radius 3 is 2.85 bits per heavy atom. The minimum atomic E-state index is -0.0280. The van der Waals surface area contributed by atoms with E-state index in [2.05, 4.69) is 52.6 Å². The molecule has 26 heavy (non-hydrogen) atoms. The fourth-order valence-corrected chi connectivity index (χ4v) is 3.49. The summed E-state index contributed by atoms with van der Waals surface area (Å²) in [6.07, 6.45) is 5.49. The van der Waals surface area contributed by atoms with Gasteiger partial charge in [0.15, 0.2) is 0 Å². The van der Waals surface area contributed by atoms with Gasteiger partial charge >= 0.3 is 0 Å². The van der Waals surface area contributed by atoms with Crippen LogP contribution in [0.25, 0.3) is 6.08 Å². The topological polar surface area (TPSA) is 50.2 Å². The van der Waals surface area contributed by atoms with Gasteiger partial charge in [0.2, 0.25) is 0 Å². The molecule has 1 aromatic heterocycles. The highest BCUT2D eigenvalue weighted by atomic mass is 16.2. The lowest BCUT2D eigenvalue weighted by Gasteiger charge is -2.19. The van der Waals surface area contributed by atoms with Crippen LogP contribution in [0.1, 0.15) is 47.9 Å². The molecule has 2 aliphatic rings. The molecule has 1 aliphatic carbocycles. The molecule has 0 saturated heterocycles. The van der Waals surface area contributed by atoms with Crippen LogP contribution in [0.4, 0.5) is 0 Å². The molecule has 5 nitrogen and oxygen atoms in total. The first-order valence-corrected chi connectivity index (χ1v) is 9.49. The van der Waals surface area contributed by atoms with E-state index in [9.17, 15) is 4.79 Å². The number of benzene rings is 1. The Morgan fingerprint density at radius 1 is 1.27 bits per heavy atom. The second-order valence-electron chi connectivity index (χ2n) is 7.46.